The van der Waals surface area contributed by atoms with Crippen LogP contribution in [0.3, 0.4) is 0 Å². The van der Waals surface area contributed by atoms with E-state index in [9.17, 15) is 4.79 Å². The lowest BCUT2D eigenvalue weighted by molar-refractivity contribution is -0.109. The first-order valence-corrected chi connectivity index (χ1v) is 7.81. The molecule has 0 fully saturated rings. The van der Waals surface area contributed by atoms with Crippen molar-refractivity contribution in [3.8, 4) is 17.5 Å². The monoisotopic (exact) mass is 298 g/mol. The van der Waals surface area contributed by atoms with Gasteiger partial charge in [0.15, 0.2) is 5.12 Å². The Morgan fingerprint density at radius 3 is 2.81 bits per heavy atom. The van der Waals surface area contributed by atoms with E-state index in [0.29, 0.717) is 6.42 Å². The molecule has 21 heavy (non-hydrogen) atoms. The van der Waals surface area contributed by atoms with E-state index >= 15 is 0 Å². The van der Waals surface area contributed by atoms with Crippen molar-refractivity contribution in [2.75, 3.05) is 5.75 Å². The number of nitrogens with zero attached hydrogens (tertiary/aromatic N) is 2. The molecule has 0 spiro atoms. The standard InChI is InChI=1S/C17H18N2OS/c1-13-11-14(2)19(18-13)17-9-6-8-16(12-17)7-4-5-10-21-15(3)20/h6,8-9,11-12H,5,10H2,1-3H3. The zero-order valence-corrected chi connectivity index (χ0v) is 13.3. The van der Waals surface area contributed by atoms with Crippen LogP contribution in [-0.4, -0.2) is 20.6 Å². The first kappa shape index (κ1) is 15.4. The van der Waals surface area contributed by atoms with Gasteiger partial charge < -0.3 is 0 Å². The summed E-state index contributed by atoms with van der Waals surface area (Å²) in [4.78, 5) is 10.8. The molecule has 4 heteroatoms. The molecule has 0 bridgehead atoms. The molecular formula is C17H18N2OS. The van der Waals surface area contributed by atoms with Crippen LogP contribution < -0.4 is 0 Å². The second kappa shape index (κ2) is 7.14. The molecular weight excluding hydrogens is 280 g/mol. The second-order valence-electron chi connectivity index (χ2n) is 4.78. The smallest absolute Gasteiger partial charge is 0.185 e. The van der Waals surface area contributed by atoms with Crippen LogP contribution in [0.5, 0.6) is 0 Å². The maximum atomic E-state index is 10.8. The van der Waals surface area contributed by atoms with Crippen LogP contribution in [0.25, 0.3) is 5.69 Å². The lowest BCUT2D eigenvalue weighted by Crippen LogP contribution is -1.99. The molecule has 0 saturated carbocycles. The number of hydrogen-bond donors (Lipinski definition) is 0. The summed E-state index contributed by atoms with van der Waals surface area (Å²) in [6, 6.07) is 10.1. The number of hydrogen-bond acceptors (Lipinski definition) is 3. The van der Waals surface area contributed by atoms with Gasteiger partial charge in [-0.15, -0.1) is 0 Å². The lowest BCUT2D eigenvalue weighted by Gasteiger charge is -2.04. The van der Waals surface area contributed by atoms with Gasteiger partial charge in [0.2, 0.25) is 0 Å². The van der Waals surface area contributed by atoms with Gasteiger partial charge in [0.25, 0.3) is 0 Å². The SMILES string of the molecule is CC(=O)SCCC#Cc1cccc(-n2nc(C)cc2C)c1. The molecule has 3 nitrogen and oxygen atoms in total. The fourth-order valence-corrected chi connectivity index (χ4v) is 2.51. The predicted molar refractivity (Wildman–Crippen MR) is 87.7 cm³/mol. The minimum atomic E-state index is 0.142. The Hall–Kier alpha value is -1.99. The molecule has 0 N–H and O–H groups in total. The van der Waals surface area contributed by atoms with Crippen molar-refractivity contribution in [1.29, 1.82) is 0 Å². The van der Waals surface area contributed by atoms with Crippen LogP contribution in [-0.2, 0) is 4.79 Å². The van der Waals surface area contributed by atoms with Crippen molar-refractivity contribution in [3.63, 3.8) is 0 Å². The van der Waals surface area contributed by atoms with E-state index in [4.69, 9.17) is 0 Å². The van der Waals surface area contributed by atoms with Crippen molar-refractivity contribution in [2.24, 2.45) is 0 Å². The van der Waals surface area contributed by atoms with Crippen molar-refractivity contribution in [1.82, 2.24) is 9.78 Å². The van der Waals surface area contributed by atoms with Gasteiger partial charge in [0.1, 0.15) is 0 Å². The summed E-state index contributed by atoms with van der Waals surface area (Å²) in [5.74, 6) is 6.99. The van der Waals surface area contributed by atoms with Crippen molar-refractivity contribution >= 4 is 16.9 Å². The third kappa shape index (κ3) is 4.51. The Kier molecular flexibility index (Phi) is 5.24. The summed E-state index contributed by atoms with van der Waals surface area (Å²) in [7, 11) is 0. The van der Waals surface area contributed by atoms with Crippen LogP contribution in [0.2, 0.25) is 0 Å². The van der Waals surface area contributed by atoms with E-state index in [2.05, 4.69) is 23.0 Å². The quantitative estimate of drug-likeness (QED) is 0.642. The second-order valence-corrected chi connectivity index (χ2v) is 6.05. The van der Waals surface area contributed by atoms with E-state index in [0.717, 1.165) is 28.4 Å². The summed E-state index contributed by atoms with van der Waals surface area (Å²) in [6.45, 7) is 5.60. The Morgan fingerprint density at radius 1 is 1.33 bits per heavy atom. The van der Waals surface area contributed by atoms with Crippen LogP contribution in [0.1, 0.15) is 30.3 Å². The van der Waals surface area contributed by atoms with Crippen LogP contribution >= 0.6 is 11.8 Å². The van der Waals surface area contributed by atoms with Crippen molar-refractivity contribution < 1.29 is 4.79 Å². The van der Waals surface area contributed by atoms with Gasteiger partial charge in [-0.1, -0.05) is 29.7 Å². The molecule has 0 aliphatic carbocycles. The van der Waals surface area contributed by atoms with Crippen LogP contribution in [0, 0.1) is 25.7 Å². The number of rotatable bonds is 3. The molecule has 0 unspecified atom stereocenters. The Bertz CT molecular complexity index is 707. The van der Waals surface area contributed by atoms with Gasteiger partial charge in [-0.3, -0.25) is 4.79 Å². The van der Waals surface area contributed by atoms with E-state index in [1.807, 2.05) is 42.8 Å². The molecule has 1 aromatic heterocycles. The summed E-state index contributed by atoms with van der Waals surface area (Å²) < 4.78 is 1.92. The highest BCUT2D eigenvalue weighted by molar-refractivity contribution is 8.13. The maximum absolute atomic E-state index is 10.8. The van der Waals surface area contributed by atoms with Crippen molar-refractivity contribution in [3.05, 3.63) is 47.3 Å². The number of benzene rings is 1. The predicted octanol–water partition coefficient (Wildman–Crippen LogP) is 3.51. The van der Waals surface area contributed by atoms with E-state index < -0.39 is 0 Å². The highest BCUT2D eigenvalue weighted by Crippen LogP contribution is 2.13. The average molecular weight is 298 g/mol. The Balaban J connectivity index is 2.10. The fourth-order valence-electron chi connectivity index (χ4n) is 2.02. The molecule has 1 aromatic carbocycles. The van der Waals surface area contributed by atoms with E-state index in [-0.39, 0.29) is 5.12 Å². The number of carbonyl (C=O) groups is 1. The summed E-state index contributed by atoms with van der Waals surface area (Å²) in [5, 5.41) is 4.62. The highest BCUT2D eigenvalue weighted by atomic mass is 32.2. The molecule has 108 valence electrons. The summed E-state index contributed by atoms with van der Waals surface area (Å²) in [6.07, 6.45) is 0.717. The Labute approximate surface area is 129 Å². The van der Waals surface area contributed by atoms with Crippen molar-refractivity contribution in [2.45, 2.75) is 27.2 Å². The van der Waals surface area contributed by atoms with Gasteiger partial charge in [0, 0.05) is 30.4 Å². The lowest BCUT2D eigenvalue weighted by atomic mass is 10.2. The molecule has 0 radical (unpaired) electrons. The molecule has 0 atom stereocenters. The summed E-state index contributed by atoms with van der Waals surface area (Å²) >= 11 is 1.32. The molecule has 0 aliphatic heterocycles. The van der Waals surface area contributed by atoms with Crippen LogP contribution in [0.4, 0.5) is 0 Å². The number of aryl methyl sites for hydroxylation is 2. The minimum Gasteiger partial charge on any atom is -0.288 e. The number of carbonyl (C=O) groups excluding carboxylic acids is 1. The number of thioether (sulfide) groups is 1. The normalized spacial score (nSPS) is 10.0. The van der Waals surface area contributed by atoms with E-state index in [1.165, 1.54) is 11.8 Å². The third-order valence-electron chi connectivity index (χ3n) is 2.87. The van der Waals surface area contributed by atoms with Gasteiger partial charge in [0.05, 0.1) is 11.4 Å². The third-order valence-corrected chi connectivity index (χ3v) is 3.68. The first-order chi connectivity index (χ1) is 10.1. The largest absolute Gasteiger partial charge is 0.288 e. The van der Waals surface area contributed by atoms with E-state index in [1.54, 1.807) is 6.92 Å². The van der Waals surface area contributed by atoms with Gasteiger partial charge in [-0.05, 0) is 38.1 Å². The first-order valence-electron chi connectivity index (χ1n) is 6.82. The molecule has 2 rings (SSSR count). The Morgan fingerprint density at radius 2 is 2.14 bits per heavy atom. The van der Waals surface area contributed by atoms with Gasteiger partial charge in [-0.25, -0.2) is 4.68 Å². The molecule has 0 amide bonds. The highest BCUT2D eigenvalue weighted by Gasteiger charge is 2.03. The number of aromatic nitrogens is 2. The molecule has 0 saturated heterocycles. The van der Waals surface area contributed by atoms with Crippen LogP contribution in [0.15, 0.2) is 30.3 Å². The van der Waals surface area contributed by atoms with Gasteiger partial charge in [-0.2, -0.15) is 5.10 Å². The molecule has 1 heterocycles. The zero-order valence-electron chi connectivity index (χ0n) is 12.5. The average Bonchev–Trinajstić information content (AvgIpc) is 2.77. The fraction of sp³-hybridized carbons (Fsp3) is 0.294. The molecule has 2 aromatic rings. The summed E-state index contributed by atoms with van der Waals surface area (Å²) in [5.41, 5.74) is 4.10. The maximum Gasteiger partial charge on any atom is 0.185 e. The topological polar surface area (TPSA) is 34.9 Å². The zero-order chi connectivity index (χ0) is 15.2. The van der Waals surface area contributed by atoms with Gasteiger partial charge >= 0.3 is 0 Å². The molecule has 0 aliphatic rings. The minimum absolute atomic E-state index is 0.142.